The number of carbonyl (C=O) groups excluding carboxylic acids is 2. The molecule has 0 spiro atoms. The zero-order valence-corrected chi connectivity index (χ0v) is 17.4. The second kappa shape index (κ2) is 8.06. The normalized spacial score (nSPS) is 20.6. The molecular formula is C24H14O11. The summed E-state index contributed by atoms with van der Waals surface area (Å²) < 4.78 is 4.89. The molecule has 0 saturated carbocycles. The Morgan fingerprint density at radius 3 is 1.86 bits per heavy atom. The highest BCUT2D eigenvalue weighted by Crippen LogP contribution is 2.50. The van der Waals surface area contributed by atoms with E-state index in [1.165, 1.54) is 30.4 Å². The topological polar surface area (TPSA) is 193 Å². The van der Waals surface area contributed by atoms with Gasteiger partial charge in [0.1, 0.15) is 11.3 Å². The molecule has 4 rings (SSSR count). The summed E-state index contributed by atoms with van der Waals surface area (Å²) in [5.41, 5.74) is -3.81. The van der Waals surface area contributed by atoms with E-state index >= 15 is 0 Å². The van der Waals surface area contributed by atoms with E-state index in [1.54, 1.807) is 0 Å². The summed E-state index contributed by atoms with van der Waals surface area (Å²) in [7, 11) is 0. The van der Waals surface area contributed by atoms with Crippen molar-refractivity contribution in [1.29, 1.82) is 0 Å². The van der Waals surface area contributed by atoms with Crippen LogP contribution in [-0.4, -0.2) is 56.2 Å². The van der Waals surface area contributed by atoms with Crippen molar-refractivity contribution in [2.24, 2.45) is 5.92 Å². The predicted octanol–water partition coefficient (Wildman–Crippen LogP) is 2.07. The molecule has 1 saturated heterocycles. The molecule has 176 valence electrons. The van der Waals surface area contributed by atoms with Crippen molar-refractivity contribution in [2.75, 3.05) is 0 Å². The fraction of sp³-hybridized carbons (Fsp3) is 0.0833. The number of esters is 2. The molecule has 0 aromatic heterocycles. The largest absolute Gasteiger partial charge is 0.478 e. The van der Waals surface area contributed by atoms with Crippen LogP contribution in [0.5, 0.6) is 0 Å². The van der Waals surface area contributed by atoms with E-state index in [4.69, 9.17) is 4.74 Å². The number of cyclic esters (lactones) is 2. The summed E-state index contributed by atoms with van der Waals surface area (Å²) in [5.74, 6) is -9.49. The Morgan fingerprint density at radius 2 is 1.29 bits per heavy atom. The first-order valence-electron chi connectivity index (χ1n) is 9.86. The van der Waals surface area contributed by atoms with Gasteiger partial charge in [-0.2, -0.15) is 0 Å². The lowest BCUT2D eigenvalue weighted by molar-refractivity contribution is -0.153. The molecule has 1 aliphatic heterocycles. The van der Waals surface area contributed by atoms with Crippen LogP contribution in [0.25, 0.3) is 5.57 Å². The molecule has 2 atom stereocenters. The van der Waals surface area contributed by atoms with Crippen LogP contribution in [0.2, 0.25) is 0 Å². The zero-order chi connectivity index (χ0) is 25.7. The first kappa shape index (κ1) is 23.1. The maximum atomic E-state index is 13.0. The lowest BCUT2D eigenvalue weighted by Crippen LogP contribution is -2.39. The fourth-order valence-electron chi connectivity index (χ4n) is 4.37. The molecule has 11 heteroatoms. The average molecular weight is 478 g/mol. The second-order valence-corrected chi connectivity index (χ2v) is 7.73. The van der Waals surface area contributed by atoms with Crippen LogP contribution in [0.15, 0.2) is 54.6 Å². The van der Waals surface area contributed by atoms with E-state index in [0.717, 1.165) is 24.3 Å². The number of aromatic carboxylic acids is 4. The number of hydrogen-bond acceptors (Lipinski definition) is 7. The Balaban J connectivity index is 1.92. The van der Waals surface area contributed by atoms with Gasteiger partial charge in [-0.1, -0.05) is 30.4 Å². The predicted molar refractivity (Wildman–Crippen MR) is 114 cm³/mol. The van der Waals surface area contributed by atoms with Crippen LogP contribution in [0.4, 0.5) is 0 Å². The first-order chi connectivity index (χ1) is 16.5. The summed E-state index contributed by atoms with van der Waals surface area (Å²) in [6.45, 7) is 0. The van der Waals surface area contributed by atoms with E-state index < -0.39 is 69.4 Å². The Labute approximate surface area is 195 Å². The van der Waals surface area contributed by atoms with Gasteiger partial charge in [-0.05, 0) is 41.0 Å². The molecule has 2 aliphatic rings. The number of carboxylic acid groups (broad SMARTS) is 4. The molecule has 1 fully saturated rings. The van der Waals surface area contributed by atoms with Crippen molar-refractivity contribution in [3.63, 3.8) is 0 Å². The smallest absolute Gasteiger partial charge is 0.336 e. The second-order valence-electron chi connectivity index (χ2n) is 7.73. The molecule has 0 bridgehead atoms. The minimum absolute atomic E-state index is 0.0248. The Hall–Kier alpha value is -5.06. The molecule has 2 aromatic carbocycles. The quantitative estimate of drug-likeness (QED) is 0.351. The summed E-state index contributed by atoms with van der Waals surface area (Å²) >= 11 is 0. The standard InChI is InChI=1S/C24H14O11/c25-18(26)13-5-3-10(8-15(13)20(29)30)12-2-1-7-24(17(12)22(33)35-23(24)34)11-4-6-14(19(27)28)16(9-11)21(31)32/h1-9,17H,(H,25,26)(H,27,28)(H,29,30)(H,31,32). The molecule has 11 nitrogen and oxygen atoms in total. The average Bonchev–Trinajstić information content (AvgIpc) is 3.08. The SMILES string of the molecule is O=C(O)c1ccc(C2=CC=CC3(c4ccc(C(=O)O)c(C(=O)O)c4)C(=O)OC(=O)C23)cc1C(=O)O. The molecule has 35 heavy (non-hydrogen) atoms. The van der Waals surface area contributed by atoms with Gasteiger partial charge < -0.3 is 25.2 Å². The maximum Gasteiger partial charge on any atom is 0.336 e. The summed E-state index contributed by atoms with van der Waals surface area (Å²) in [4.78, 5) is 72.0. The fourth-order valence-corrected chi connectivity index (χ4v) is 4.37. The Morgan fingerprint density at radius 1 is 0.743 bits per heavy atom. The number of rotatable bonds is 6. The lowest BCUT2D eigenvalue weighted by atomic mass is 9.65. The number of hydrogen-bond donors (Lipinski definition) is 4. The van der Waals surface area contributed by atoms with Crippen molar-refractivity contribution in [3.8, 4) is 0 Å². The van der Waals surface area contributed by atoms with Crippen molar-refractivity contribution in [2.45, 2.75) is 5.41 Å². The van der Waals surface area contributed by atoms with Gasteiger partial charge in [-0.15, -0.1) is 0 Å². The highest BCUT2D eigenvalue weighted by molar-refractivity contribution is 6.12. The monoisotopic (exact) mass is 478 g/mol. The molecule has 2 unspecified atom stereocenters. The van der Waals surface area contributed by atoms with Gasteiger partial charge in [-0.25, -0.2) is 19.2 Å². The Kier molecular flexibility index (Phi) is 5.32. The minimum atomic E-state index is -1.86. The molecule has 1 aliphatic carbocycles. The van der Waals surface area contributed by atoms with Crippen LogP contribution >= 0.6 is 0 Å². The number of fused-ring (bicyclic) bond motifs is 1. The van der Waals surface area contributed by atoms with E-state index in [0.29, 0.717) is 0 Å². The van der Waals surface area contributed by atoms with Crippen LogP contribution in [0.3, 0.4) is 0 Å². The van der Waals surface area contributed by atoms with E-state index in [-0.39, 0.29) is 16.7 Å². The van der Waals surface area contributed by atoms with E-state index in [1.807, 2.05) is 0 Å². The zero-order valence-electron chi connectivity index (χ0n) is 17.4. The minimum Gasteiger partial charge on any atom is -0.478 e. The molecule has 4 N–H and O–H groups in total. The van der Waals surface area contributed by atoms with Crippen LogP contribution in [0.1, 0.15) is 52.6 Å². The third-order valence-corrected chi connectivity index (χ3v) is 5.94. The number of carbonyl (C=O) groups is 6. The molecule has 0 radical (unpaired) electrons. The van der Waals surface area contributed by atoms with Crippen molar-refractivity contribution < 1.29 is 53.9 Å². The third kappa shape index (κ3) is 3.46. The summed E-state index contributed by atoms with van der Waals surface area (Å²) in [6, 6.07) is 6.55. The van der Waals surface area contributed by atoms with Gasteiger partial charge in [-0.3, -0.25) is 9.59 Å². The molecule has 1 heterocycles. The number of ether oxygens (including phenoxy) is 1. The van der Waals surface area contributed by atoms with Gasteiger partial charge in [0, 0.05) is 0 Å². The lowest BCUT2D eigenvalue weighted by Gasteiger charge is -2.31. The number of benzene rings is 2. The van der Waals surface area contributed by atoms with Gasteiger partial charge in [0.2, 0.25) is 0 Å². The van der Waals surface area contributed by atoms with Crippen LogP contribution in [-0.2, 0) is 19.7 Å². The molecule has 2 aromatic rings. The van der Waals surface area contributed by atoms with Crippen molar-refractivity contribution >= 4 is 41.4 Å². The maximum absolute atomic E-state index is 13.0. The summed E-state index contributed by atoms with van der Waals surface area (Å²) in [5, 5.41) is 37.5. The number of carboxylic acids is 4. The Bertz CT molecular complexity index is 1430. The third-order valence-electron chi connectivity index (χ3n) is 5.94. The molecule has 0 amide bonds. The number of allylic oxidation sites excluding steroid dienone is 2. The summed E-state index contributed by atoms with van der Waals surface area (Å²) in [6.07, 6.45) is 4.14. The highest BCUT2D eigenvalue weighted by atomic mass is 16.6. The van der Waals surface area contributed by atoms with E-state index in [2.05, 4.69) is 0 Å². The first-order valence-corrected chi connectivity index (χ1v) is 9.86. The molecular weight excluding hydrogens is 464 g/mol. The van der Waals surface area contributed by atoms with Crippen LogP contribution < -0.4 is 0 Å². The van der Waals surface area contributed by atoms with Crippen molar-refractivity contribution in [1.82, 2.24) is 0 Å². The van der Waals surface area contributed by atoms with Gasteiger partial charge in [0.15, 0.2) is 0 Å². The van der Waals surface area contributed by atoms with Gasteiger partial charge in [0.05, 0.1) is 22.3 Å². The van der Waals surface area contributed by atoms with Crippen LogP contribution in [0, 0.1) is 5.92 Å². The van der Waals surface area contributed by atoms with Gasteiger partial charge >= 0.3 is 35.8 Å². The highest BCUT2D eigenvalue weighted by Gasteiger charge is 2.60. The van der Waals surface area contributed by atoms with Gasteiger partial charge in [0.25, 0.3) is 0 Å². The van der Waals surface area contributed by atoms with Crippen molar-refractivity contribution in [3.05, 3.63) is 88.0 Å². The van der Waals surface area contributed by atoms with E-state index in [9.17, 15) is 49.2 Å².